The van der Waals surface area contributed by atoms with E-state index in [9.17, 15) is 19.2 Å². The Morgan fingerprint density at radius 2 is 1.65 bits per heavy atom. The van der Waals surface area contributed by atoms with Gasteiger partial charge in [-0.2, -0.15) is 0 Å². The van der Waals surface area contributed by atoms with Gasteiger partial charge in [0.15, 0.2) is 0 Å². The Labute approximate surface area is 181 Å². The fourth-order valence-corrected chi connectivity index (χ4v) is 3.27. The van der Waals surface area contributed by atoms with Gasteiger partial charge in [0, 0.05) is 5.69 Å². The minimum absolute atomic E-state index is 0.0525. The second-order valence-corrected chi connectivity index (χ2v) is 7.83. The van der Waals surface area contributed by atoms with E-state index in [1.807, 2.05) is 56.3 Å². The van der Waals surface area contributed by atoms with Crippen molar-refractivity contribution < 1.29 is 24.3 Å². The molecule has 0 aliphatic rings. The molecule has 31 heavy (non-hydrogen) atoms. The van der Waals surface area contributed by atoms with Crippen molar-refractivity contribution in [1.29, 1.82) is 0 Å². The van der Waals surface area contributed by atoms with Crippen molar-refractivity contribution in [3.8, 4) is 0 Å². The summed E-state index contributed by atoms with van der Waals surface area (Å²) in [5.41, 5.74) is 2.46. The smallest absolute Gasteiger partial charge is 0.305 e. The second kappa shape index (κ2) is 11.8. The van der Waals surface area contributed by atoms with Crippen LogP contribution in [0.5, 0.6) is 0 Å². The summed E-state index contributed by atoms with van der Waals surface area (Å²) < 4.78 is 0. The van der Waals surface area contributed by atoms with Crippen molar-refractivity contribution in [2.75, 3.05) is 5.32 Å². The van der Waals surface area contributed by atoms with Crippen LogP contribution in [0, 0.1) is 5.92 Å². The average molecular weight is 424 g/mol. The molecule has 1 amide bonds. The van der Waals surface area contributed by atoms with Crippen molar-refractivity contribution in [2.24, 2.45) is 5.92 Å². The third-order valence-electron chi connectivity index (χ3n) is 4.72. The fraction of sp³-hybridized carbons (Fsp3) is 0.333. The number of carboxylic acid groups (broad SMARTS) is 1. The summed E-state index contributed by atoms with van der Waals surface area (Å²) in [7, 11) is 0. The summed E-state index contributed by atoms with van der Waals surface area (Å²) in [6.07, 6.45) is 0.863. The van der Waals surface area contributed by atoms with E-state index in [1.54, 1.807) is 12.1 Å². The molecule has 0 heterocycles. The van der Waals surface area contributed by atoms with E-state index in [1.165, 1.54) is 0 Å². The van der Waals surface area contributed by atoms with Gasteiger partial charge in [-0.15, -0.1) is 0 Å². The number of carbonyl (C=O) groups excluding carboxylic acids is 3. The number of carbonyl (C=O) groups is 4. The molecule has 0 radical (unpaired) electrons. The number of Topliss-reactive ketones (excluding diaryl/α,β-unsaturated/α-hetero) is 1. The highest BCUT2D eigenvalue weighted by Crippen LogP contribution is 2.19. The first-order chi connectivity index (χ1) is 14.8. The van der Waals surface area contributed by atoms with Crippen molar-refractivity contribution in [3.05, 3.63) is 65.7 Å². The van der Waals surface area contributed by atoms with Gasteiger partial charge in [0.05, 0.1) is 18.5 Å². The number of carboxylic acids is 1. The summed E-state index contributed by atoms with van der Waals surface area (Å²) in [4.78, 5) is 47.7. The van der Waals surface area contributed by atoms with E-state index in [4.69, 9.17) is 5.11 Å². The number of aliphatic carboxylic acids is 1. The average Bonchev–Trinajstić information content (AvgIpc) is 2.73. The summed E-state index contributed by atoms with van der Waals surface area (Å²) in [6, 6.07) is 15.0. The van der Waals surface area contributed by atoms with E-state index >= 15 is 0 Å². The molecule has 164 valence electrons. The fourth-order valence-electron chi connectivity index (χ4n) is 3.27. The third-order valence-corrected chi connectivity index (χ3v) is 4.72. The predicted molar refractivity (Wildman–Crippen MR) is 118 cm³/mol. The number of anilines is 1. The Hall–Kier alpha value is -3.32. The van der Waals surface area contributed by atoms with Gasteiger partial charge in [0.25, 0.3) is 5.91 Å². The van der Waals surface area contributed by atoms with Gasteiger partial charge in [-0.1, -0.05) is 62.4 Å². The molecule has 7 nitrogen and oxygen atoms in total. The van der Waals surface area contributed by atoms with Gasteiger partial charge in [-0.3, -0.25) is 19.7 Å². The molecular weight excluding hydrogens is 396 g/mol. The first-order valence-corrected chi connectivity index (χ1v) is 10.2. The molecule has 0 bridgehead atoms. The summed E-state index contributed by atoms with van der Waals surface area (Å²) in [5, 5.41) is 14.4. The molecule has 0 saturated carbocycles. The van der Waals surface area contributed by atoms with Crippen LogP contribution in [0.1, 0.15) is 37.8 Å². The van der Waals surface area contributed by atoms with Gasteiger partial charge in [-0.05, 0) is 36.0 Å². The zero-order valence-corrected chi connectivity index (χ0v) is 17.7. The van der Waals surface area contributed by atoms with Gasteiger partial charge < -0.3 is 15.2 Å². The molecule has 2 atom stereocenters. The van der Waals surface area contributed by atoms with Gasteiger partial charge in [0.2, 0.25) is 5.78 Å². The van der Waals surface area contributed by atoms with E-state index in [-0.39, 0.29) is 5.92 Å². The molecule has 2 aromatic rings. The van der Waals surface area contributed by atoms with Crippen LogP contribution >= 0.6 is 0 Å². The highest BCUT2D eigenvalue weighted by Gasteiger charge is 2.29. The first-order valence-electron chi connectivity index (χ1n) is 10.2. The minimum atomic E-state index is -1.17. The van der Waals surface area contributed by atoms with Gasteiger partial charge in [0.1, 0.15) is 6.29 Å². The number of benzene rings is 2. The first kappa shape index (κ1) is 24.0. The zero-order chi connectivity index (χ0) is 22.8. The summed E-state index contributed by atoms with van der Waals surface area (Å²) in [5.74, 6) is -2.66. The molecule has 3 N–H and O–H groups in total. The SMILES string of the molecule is CC(C)CC(NC(C=O)CC(=O)O)C(=O)C(=O)Nc1ccccc1Cc1ccccc1. The van der Waals surface area contributed by atoms with Crippen molar-refractivity contribution >= 4 is 29.6 Å². The number of hydrogen-bond donors (Lipinski definition) is 3. The zero-order valence-electron chi connectivity index (χ0n) is 17.7. The summed E-state index contributed by atoms with van der Waals surface area (Å²) >= 11 is 0. The molecule has 2 rings (SSSR count). The maximum absolute atomic E-state index is 12.9. The Morgan fingerprint density at radius 3 is 2.26 bits per heavy atom. The molecule has 7 heteroatoms. The molecule has 2 aromatic carbocycles. The van der Waals surface area contributed by atoms with Crippen molar-refractivity contribution in [3.63, 3.8) is 0 Å². The number of hydrogen-bond acceptors (Lipinski definition) is 5. The molecule has 0 fully saturated rings. The Morgan fingerprint density at radius 1 is 1.00 bits per heavy atom. The highest BCUT2D eigenvalue weighted by molar-refractivity contribution is 6.42. The van der Waals surface area contributed by atoms with Crippen LogP contribution in [0.2, 0.25) is 0 Å². The number of rotatable bonds is 12. The molecule has 0 spiro atoms. The monoisotopic (exact) mass is 424 g/mol. The van der Waals surface area contributed by atoms with E-state index in [0.29, 0.717) is 24.8 Å². The van der Waals surface area contributed by atoms with Gasteiger partial charge in [-0.25, -0.2) is 0 Å². The van der Waals surface area contributed by atoms with E-state index in [2.05, 4.69) is 10.6 Å². The molecule has 0 aliphatic carbocycles. The van der Waals surface area contributed by atoms with Crippen molar-refractivity contribution in [2.45, 2.75) is 45.2 Å². The number of nitrogens with one attached hydrogen (secondary N) is 2. The van der Waals surface area contributed by atoms with E-state index < -0.39 is 36.2 Å². The molecule has 0 aromatic heterocycles. The topological polar surface area (TPSA) is 113 Å². The number of para-hydroxylation sites is 1. The molecule has 0 saturated heterocycles. The maximum atomic E-state index is 12.9. The maximum Gasteiger partial charge on any atom is 0.305 e. The Balaban J connectivity index is 2.15. The largest absolute Gasteiger partial charge is 0.481 e. The van der Waals surface area contributed by atoms with Crippen LogP contribution in [-0.2, 0) is 25.6 Å². The lowest BCUT2D eigenvalue weighted by Gasteiger charge is -2.22. The minimum Gasteiger partial charge on any atom is -0.481 e. The molecule has 2 unspecified atom stereocenters. The number of aldehydes is 1. The lowest BCUT2D eigenvalue weighted by molar-refractivity contribution is -0.139. The van der Waals surface area contributed by atoms with Gasteiger partial charge >= 0.3 is 5.97 Å². The quantitative estimate of drug-likeness (QED) is 0.357. The molecular formula is C24H28N2O5. The van der Waals surface area contributed by atoms with E-state index in [0.717, 1.165) is 11.1 Å². The standard InChI is InChI=1S/C24H28N2O5/c1-16(2)12-21(25-19(15-27)14-22(28)29)23(30)24(31)26-20-11-7-6-10-18(20)13-17-8-4-3-5-9-17/h3-11,15-16,19,21,25H,12-14H2,1-2H3,(H,26,31)(H,28,29). The lowest BCUT2D eigenvalue weighted by Crippen LogP contribution is -2.49. The Bertz CT molecular complexity index is 911. The normalized spacial score (nSPS) is 12.7. The molecule has 0 aliphatic heterocycles. The van der Waals surface area contributed by atoms with Crippen LogP contribution in [0.4, 0.5) is 5.69 Å². The van der Waals surface area contributed by atoms with Crippen LogP contribution in [0.3, 0.4) is 0 Å². The Kier molecular flexibility index (Phi) is 9.09. The lowest BCUT2D eigenvalue weighted by atomic mass is 9.98. The van der Waals surface area contributed by atoms with Crippen molar-refractivity contribution in [1.82, 2.24) is 5.32 Å². The van der Waals surface area contributed by atoms with Crippen LogP contribution in [0.25, 0.3) is 0 Å². The summed E-state index contributed by atoms with van der Waals surface area (Å²) in [6.45, 7) is 3.75. The highest BCUT2D eigenvalue weighted by atomic mass is 16.4. The van der Waals surface area contributed by atoms with Crippen LogP contribution in [0.15, 0.2) is 54.6 Å². The second-order valence-electron chi connectivity index (χ2n) is 7.83. The number of ketones is 1. The van der Waals surface area contributed by atoms with Crippen LogP contribution < -0.4 is 10.6 Å². The number of amides is 1. The predicted octanol–water partition coefficient (Wildman–Crippen LogP) is 2.83. The van der Waals surface area contributed by atoms with Crippen LogP contribution in [-0.4, -0.2) is 41.1 Å². The third kappa shape index (κ3) is 7.79.